The fourth-order valence-electron chi connectivity index (χ4n) is 4.01. The Morgan fingerprint density at radius 3 is 2.65 bits per heavy atom. The van der Waals surface area contributed by atoms with Crippen molar-refractivity contribution in [2.45, 2.75) is 12.8 Å². The molecule has 1 aliphatic rings. The van der Waals surface area contributed by atoms with Crippen LogP contribution in [0.2, 0.25) is 0 Å². The number of hydrogen-bond acceptors (Lipinski definition) is 6. The highest BCUT2D eigenvalue weighted by Gasteiger charge is 2.17. The monoisotopic (exact) mass is 462 g/mol. The van der Waals surface area contributed by atoms with E-state index in [9.17, 15) is 14.0 Å². The Labute approximate surface area is 196 Å². The van der Waals surface area contributed by atoms with Crippen LogP contribution in [0.5, 0.6) is 0 Å². The van der Waals surface area contributed by atoms with Crippen molar-refractivity contribution in [1.29, 1.82) is 5.53 Å². The summed E-state index contributed by atoms with van der Waals surface area (Å²) in [6.07, 6.45) is 3.60. The van der Waals surface area contributed by atoms with E-state index >= 15 is 0 Å². The highest BCUT2D eigenvalue weighted by Crippen LogP contribution is 2.19. The molecular formula is C25H27FN6O2. The summed E-state index contributed by atoms with van der Waals surface area (Å²) in [5, 5.41) is 9.96. The minimum atomic E-state index is -0.431. The van der Waals surface area contributed by atoms with E-state index in [0.29, 0.717) is 34.6 Å². The number of aromatic amines is 1. The van der Waals surface area contributed by atoms with Crippen LogP contribution in [0.25, 0.3) is 16.6 Å². The molecule has 1 aliphatic heterocycles. The van der Waals surface area contributed by atoms with Crippen LogP contribution in [0.3, 0.4) is 0 Å². The van der Waals surface area contributed by atoms with Crippen LogP contribution in [0.15, 0.2) is 64.6 Å². The summed E-state index contributed by atoms with van der Waals surface area (Å²) in [4.78, 5) is 29.9. The zero-order chi connectivity index (χ0) is 24.1. The lowest BCUT2D eigenvalue weighted by Gasteiger charge is -2.28. The lowest BCUT2D eigenvalue weighted by molar-refractivity contribution is 0.0939. The van der Waals surface area contributed by atoms with Crippen molar-refractivity contribution in [3.8, 4) is 0 Å². The fraction of sp³-hybridized carbons (Fsp3) is 0.280. The van der Waals surface area contributed by atoms with Gasteiger partial charge in [-0.25, -0.2) is 9.92 Å². The van der Waals surface area contributed by atoms with E-state index in [1.54, 1.807) is 24.3 Å². The average molecular weight is 463 g/mol. The van der Waals surface area contributed by atoms with Gasteiger partial charge < -0.3 is 20.5 Å². The largest absolute Gasteiger partial charge is 0.360 e. The number of amides is 1. The Hall–Kier alpha value is -3.85. The molecule has 3 aromatic rings. The number of carbonyl (C=O) groups excluding carboxylic acids is 1. The number of halogens is 1. The zero-order valence-corrected chi connectivity index (χ0v) is 18.9. The molecule has 1 saturated heterocycles. The number of pyridine rings is 1. The molecule has 1 amide bonds. The SMILES string of the molecule is CN1CCC(CNC(=O)c2ccc(N/C=C(\N=N)c3cc4cc(F)ccc4[nH]c3=O)cc2)CC1. The molecule has 176 valence electrons. The summed E-state index contributed by atoms with van der Waals surface area (Å²) in [7, 11) is 2.11. The molecule has 9 heteroatoms. The molecular weight excluding hydrogens is 435 g/mol. The van der Waals surface area contributed by atoms with Crippen molar-refractivity contribution in [2.24, 2.45) is 11.0 Å². The van der Waals surface area contributed by atoms with E-state index in [-0.39, 0.29) is 17.2 Å². The standard InChI is InChI=1S/C25H27FN6O2/c1-32-10-8-16(9-11-32)14-29-24(33)17-2-5-20(6-3-17)28-15-23(31-27)21-13-18-12-19(26)4-7-22(18)30-25(21)34/h2-7,12-13,15-16,27-28H,8-11,14H2,1H3,(H,29,33)(H,30,34)/b23-15-,31-27?. The van der Waals surface area contributed by atoms with E-state index in [1.165, 1.54) is 30.5 Å². The number of aromatic nitrogens is 1. The quantitative estimate of drug-likeness (QED) is 0.395. The number of likely N-dealkylation sites (tertiary alicyclic amines) is 1. The van der Waals surface area contributed by atoms with Crippen LogP contribution in [-0.2, 0) is 0 Å². The van der Waals surface area contributed by atoms with Crippen molar-refractivity contribution in [3.63, 3.8) is 0 Å². The number of anilines is 1. The zero-order valence-electron chi connectivity index (χ0n) is 18.9. The second-order valence-electron chi connectivity index (χ2n) is 8.56. The van der Waals surface area contributed by atoms with Crippen molar-refractivity contribution in [3.05, 3.63) is 82.0 Å². The Morgan fingerprint density at radius 2 is 1.94 bits per heavy atom. The van der Waals surface area contributed by atoms with Crippen molar-refractivity contribution < 1.29 is 9.18 Å². The number of nitrogens with zero attached hydrogens (tertiary/aromatic N) is 2. The summed E-state index contributed by atoms with van der Waals surface area (Å²) < 4.78 is 13.6. The van der Waals surface area contributed by atoms with E-state index in [1.807, 2.05) is 0 Å². The molecule has 8 nitrogen and oxygen atoms in total. The van der Waals surface area contributed by atoms with E-state index in [0.717, 1.165) is 25.9 Å². The number of benzene rings is 2. The summed E-state index contributed by atoms with van der Waals surface area (Å²) in [6.45, 7) is 2.79. The topological polar surface area (TPSA) is 113 Å². The second-order valence-corrected chi connectivity index (χ2v) is 8.56. The maximum atomic E-state index is 13.6. The summed E-state index contributed by atoms with van der Waals surface area (Å²) in [5.41, 5.74) is 9.00. The molecule has 4 rings (SSSR count). The lowest BCUT2D eigenvalue weighted by atomic mass is 9.97. The van der Waals surface area contributed by atoms with Crippen LogP contribution in [-0.4, -0.2) is 42.5 Å². The van der Waals surface area contributed by atoms with Gasteiger partial charge in [-0.05, 0) is 87.4 Å². The molecule has 34 heavy (non-hydrogen) atoms. The van der Waals surface area contributed by atoms with Gasteiger partial charge in [0.2, 0.25) is 0 Å². The summed E-state index contributed by atoms with van der Waals surface area (Å²) in [5.74, 6) is -0.0294. The third-order valence-corrected chi connectivity index (χ3v) is 6.11. The fourth-order valence-corrected chi connectivity index (χ4v) is 4.01. The van der Waals surface area contributed by atoms with Gasteiger partial charge in [0.25, 0.3) is 11.5 Å². The molecule has 0 aliphatic carbocycles. The number of hydrogen-bond donors (Lipinski definition) is 4. The number of carbonyl (C=O) groups is 1. The average Bonchev–Trinajstić information content (AvgIpc) is 2.84. The molecule has 2 aromatic carbocycles. The summed E-state index contributed by atoms with van der Waals surface area (Å²) >= 11 is 0. The van der Waals surface area contributed by atoms with Gasteiger partial charge in [-0.2, -0.15) is 5.11 Å². The smallest absolute Gasteiger partial charge is 0.258 e. The first-order chi connectivity index (χ1) is 16.4. The first kappa shape index (κ1) is 23.3. The summed E-state index contributed by atoms with van der Waals surface area (Å²) in [6, 6.07) is 12.5. The van der Waals surface area contributed by atoms with Crippen LogP contribution < -0.4 is 16.2 Å². The van der Waals surface area contributed by atoms with Crippen molar-refractivity contribution in [1.82, 2.24) is 15.2 Å². The molecule has 0 radical (unpaired) electrons. The van der Waals surface area contributed by atoms with E-state index in [2.05, 4.69) is 32.7 Å². The molecule has 0 unspecified atom stereocenters. The first-order valence-electron chi connectivity index (χ1n) is 11.2. The number of nitrogens with one attached hydrogen (secondary N) is 4. The first-order valence-corrected chi connectivity index (χ1v) is 11.2. The van der Waals surface area contributed by atoms with Gasteiger partial charge in [0.1, 0.15) is 11.5 Å². The number of rotatable bonds is 7. The Morgan fingerprint density at radius 1 is 1.21 bits per heavy atom. The van der Waals surface area contributed by atoms with Gasteiger partial charge in [0.15, 0.2) is 0 Å². The van der Waals surface area contributed by atoms with Gasteiger partial charge >= 0.3 is 0 Å². The third-order valence-electron chi connectivity index (χ3n) is 6.11. The maximum Gasteiger partial charge on any atom is 0.258 e. The van der Waals surface area contributed by atoms with E-state index in [4.69, 9.17) is 5.53 Å². The van der Waals surface area contributed by atoms with E-state index < -0.39 is 11.4 Å². The molecule has 0 saturated carbocycles. The second kappa shape index (κ2) is 10.4. The van der Waals surface area contributed by atoms with Gasteiger partial charge in [-0.15, -0.1) is 0 Å². The normalized spacial score (nSPS) is 15.3. The molecule has 0 bridgehead atoms. The van der Waals surface area contributed by atoms with Gasteiger partial charge in [0, 0.05) is 34.9 Å². The van der Waals surface area contributed by atoms with Crippen LogP contribution in [0, 0.1) is 17.3 Å². The predicted octanol–water partition coefficient (Wildman–Crippen LogP) is 4.18. The minimum absolute atomic E-state index is 0.0901. The molecule has 2 heterocycles. The highest BCUT2D eigenvalue weighted by molar-refractivity contribution is 5.94. The number of piperidine rings is 1. The Balaban J connectivity index is 1.41. The lowest BCUT2D eigenvalue weighted by Crippen LogP contribution is -2.36. The van der Waals surface area contributed by atoms with Gasteiger partial charge in [-0.3, -0.25) is 9.59 Å². The molecule has 4 N–H and O–H groups in total. The molecule has 1 aromatic heterocycles. The van der Waals surface area contributed by atoms with Crippen LogP contribution >= 0.6 is 0 Å². The molecule has 0 atom stereocenters. The minimum Gasteiger partial charge on any atom is -0.360 e. The van der Waals surface area contributed by atoms with Crippen molar-refractivity contribution in [2.75, 3.05) is 32.0 Å². The van der Waals surface area contributed by atoms with Gasteiger partial charge in [0.05, 0.1) is 5.56 Å². The third kappa shape index (κ3) is 5.55. The predicted molar refractivity (Wildman–Crippen MR) is 130 cm³/mol. The van der Waals surface area contributed by atoms with Crippen LogP contribution in [0.4, 0.5) is 10.1 Å². The molecule has 1 fully saturated rings. The van der Waals surface area contributed by atoms with Crippen molar-refractivity contribution >= 4 is 28.2 Å². The Bertz CT molecular complexity index is 1280. The highest BCUT2D eigenvalue weighted by atomic mass is 19.1. The maximum absolute atomic E-state index is 13.6. The van der Waals surface area contributed by atoms with Crippen LogP contribution in [0.1, 0.15) is 28.8 Å². The molecule has 0 spiro atoms. The Kier molecular flexibility index (Phi) is 7.12. The van der Waals surface area contributed by atoms with Gasteiger partial charge in [-0.1, -0.05) is 0 Å². The number of fused-ring (bicyclic) bond motifs is 1. The number of H-pyrrole nitrogens is 1.